The minimum atomic E-state index is -1.19. The van der Waals surface area contributed by atoms with E-state index in [1.54, 1.807) is 0 Å². The Labute approximate surface area is 58.7 Å². The molecule has 0 saturated heterocycles. The van der Waals surface area contributed by atoms with Gasteiger partial charge in [-0.15, -0.1) is 0 Å². The maximum Gasteiger partial charge on any atom is 0.329 e. The summed E-state index contributed by atoms with van der Waals surface area (Å²) in [6.45, 7) is -0.778. The van der Waals surface area contributed by atoms with Gasteiger partial charge in [0.15, 0.2) is 0 Å². The monoisotopic (exact) mass is 314 g/mol. The number of rotatable bonds is 1. The molecular formula is C2H4O3U. The Kier molecular flexibility index (Phi) is 8.86. The van der Waals surface area contributed by atoms with Crippen molar-refractivity contribution in [3.63, 3.8) is 0 Å². The van der Waals surface area contributed by atoms with Crippen LogP contribution in [0.25, 0.3) is 0 Å². The Balaban J connectivity index is 0. The van der Waals surface area contributed by atoms with Crippen LogP contribution in [0.3, 0.4) is 0 Å². The molecule has 2 N–H and O–H groups in total. The van der Waals surface area contributed by atoms with Gasteiger partial charge in [-0.2, -0.15) is 0 Å². The molecule has 4 heteroatoms. The third-order valence-electron chi connectivity index (χ3n) is 0.135. The van der Waals surface area contributed by atoms with Crippen molar-refractivity contribution in [1.29, 1.82) is 0 Å². The van der Waals surface area contributed by atoms with Gasteiger partial charge in [-0.25, -0.2) is 4.79 Å². The molecule has 0 saturated carbocycles. The number of carboxylic acids is 1. The van der Waals surface area contributed by atoms with Crippen LogP contribution in [-0.4, -0.2) is 22.8 Å². The van der Waals surface area contributed by atoms with Gasteiger partial charge in [0, 0.05) is 31.1 Å². The molecule has 0 atom stereocenters. The van der Waals surface area contributed by atoms with Crippen LogP contribution < -0.4 is 0 Å². The zero-order valence-electron chi connectivity index (χ0n) is 3.01. The van der Waals surface area contributed by atoms with Gasteiger partial charge in [0.25, 0.3) is 0 Å². The molecule has 0 aromatic heterocycles. The fourth-order valence-electron chi connectivity index (χ4n) is 0. The predicted molar refractivity (Wildman–Crippen MR) is 14.7 cm³/mol. The van der Waals surface area contributed by atoms with Gasteiger partial charge < -0.3 is 10.2 Å². The van der Waals surface area contributed by atoms with Crippen LogP contribution in [0.1, 0.15) is 0 Å². The first kappa shape index (κ1) is 9.70. The molecule has 0 aromatic rings. The maximum absolute atomic E-state index is 9.12. The van der Waals surface area contributed by atoms with Gasteiger partial charge in [-0.3, -0.25) is 0 Å². The van der Waals surface area contributed by atoms with E-state index in [0.29, 0.717) is 0 Å². The summed E-state index contributed by atoms with van der Waals surface area (Å²) in [6, 6.07) is 0. The van der Waals surface area contributed by atoms with E-state index in [1.165, 1.54) is 0 Å². The van der Waals surface area contributed by atoms with Crippen LogP contribution in [0.2, 0.25) is 0 Å². The summed E-state index contributed by atoms with van der Waals surface area (Å²) in [5, 5.41) is 15.0. The predicted octanol–water partition coefficient (Wildman–Crippen LogP) is -0.937. The fraction of sp³-hybridized carbons (Fsp3) is 0.500. The summed E-state index contributed by atoms with van der Waals surface area (Å²) in [5.74, 6) is -1.19. The second-order valence-corrected chi connectivity index (χ2v) is 0.552. The zero-order chi connectivity index (χ0) is 4.28. The Morgan fingerprint density at radius 3 is 1.83 bits per heavy atom. The van der Waals surface area contributed by atoms with Crippen LogP contribution >= 0.6 is 0 Å². The van der Waals surface area contributed by atoms with E-state index in [2.05, 4.69) is 0 Å². The summed E-state index contributed by atoms with van der Waals surface area (Å²) >= 11 is 0. The van der Waals surface area contributed by atoms with Crippen molar-refractivity contribution >= 4 is 5.97 Å². The molecule has 0 heterocycles. The first-order chi connectivity index (χ1) is 2.27. The van der Waals surface area contributed by atoms with Crippen molar-refractivity contribution in [2.75, 3.05) is 6.61 Å². The Hall–Kier alpha value is 0.482. The number of carboxylic acid groups (broad SMARTS) is 1. The van der Waals surface area contributed by atoms with Crippen LogP contribution in [0.15, 0.2) is 0 Å². The average molecular weight is 314 g/mol. The number of aliphatic carboxylic acids is 1. The molecule has 0 aromatic carbocycles. The van der Waals surface area contributed by atoms with Crippen LogP contribution in [0, 0.1) is 31.1 Å². The number of hydrogen-bond acceptors (Lipinski definition) is 2. The molecule has 0 fully saturated rings. The Morgan fingerprint density at radius 2 is 1.83 bits per heavy atom. The van der Waals surface area contributed by atoms with E-state index in [1.807, 2.05) is 0 Å². The molecule has 0 aliphatic carbocycles. The summed E-state index contributed by atoms with van der Waals surface area (Å²) in [7, 11) is 0. The molecule has 3 nitrogen and oxygen atoms in total. The van der Waals surface area contributed by atoms with E-state index >= 15 is 0 Å². The van der Waals surface area contributed by atoms with Crippen molar-refractivity contribution in [3.8, 4) is 0 Å². The third-order valence-corrected chi connectivity index (χ3v) is 0.135. The van der Waals surface area contributed by atoms with Gasteiger partial charge in [0.2, 0.25) is 0 Å². The standard InChI is InChI=1S/C2H4O3.U/c3-1-2(4)5;/h3H,1H2,(H,4,5);. The minimum Gasteiger partial charge on any atom is -0.480 e. The van der Waals surface area contributed by atoms with Crippen molar-refractivity contribution in [2.45, 2.75) is 0 Å². The maximum atomic E-state index is 9.12. The van der Waals surface area contributed by atoms with E-state index < -0.39 is 12.6 Å². The molecule has 6 heavy (non-hydrogen) atoms. The van der Waals surface area contributed by atoms with Gasteiger partial charge in [0.05, 0.1) is 0 Å². The fourth-order valence-corrected chi connectivity index (χ4v) is 0. The summed E-state index contributed by atoms with van der Waals surface area (Å²) in [5.41, 5.74) is 0. The van der Waals surface area contributed by atoms with E-state index in [0.717, 1.165) is 0 Å². The van der Waals surface area contributed by atoms with E-state index in [-0.39, 0.29) is 31.1 Å². The zero-order valence-corrected chi connectivity index (χ0v) is 7.17. The number of aliphatic hydroxyl groups is 1. The number of carbonyl (C=O) groups is 1. The first-order valence-corrected chi connectivity index (χ1v) is 1.10. The third kappa shape index (κ3) is 8.82. The largest absolute Gasteiger partial charge is 0.480 e. The van der Waals surface area contributed by atoms with Crippen LogP contribution in [0.4, 0.5) is 0 Å². The van der Waals surface area contributed by atoms with Gasteiger partial charge in [-0.1, -0.05) is 0 Å². The molecule has 0 radical (unpaired) electrons. The van der Waals surface area contributed by atoms with Gasteiger partial charge in [0.1, 0.15) is 6.61 Å². The van der Waals surface area contributed by atoms with Gasteiger partial charge >= 0.3 is 5.97 Å². The first-order valence-electron chi connectivity index (χ1n) is 1.10. The molecule has 34 valence electrons. The topological polar surface area (TPSA) is 57.5 Å². The van der Waals surface area contributed by atoms with Crippen molar-refractivity contribution < 1.29 is 46.1 Å². The van der Waals surface area contributed by atoms with Gasteiger partial charge in [-0.05, 0) is 0 Å². The average Bonchev–Trinajstić information content (AvgIpc) is 1.38. The minimum absolute atomic E-state index is 0. The summed E-state index contributed by atoms with van der Waals surface area (Å²) in [4.78, 5) is 9.12. The van der Waals surface area contributed by atoms with Crippen molar-refractivity contribution in [1.82, 2.24) is 0 Å². The van der Waals surface area contributed by atoms with Crippen molar-refractivity contribution in [2.24, 2.45) is 0 Å². The van der Waals surface area contributed by atoms with Crippen LogP contribution in [0.5, 0.6) is 0 Å². The Morgan fingerprint density at radius 1 is 1.67 bits per heavy atom. The molecule has 0 unspecified atom stereocenters. The molecule has 0 bridgehead atoms. The van der Waals surface area contributed by atoms with E-state index in [4.69, 9.17) is 15.0 Å². The van der Waals surface area contributed by atoms with Crippen molar-refractivity contribution in [3.05, 3.63) is 0 Å². The second kappa shape index (κ2) is 5.48. The molecule has 0 spiro atoms. The summed E-state index contributed by atoms with van der Waals surface area (Å²) in [6.07, 6.45) is 0. The normalized spacial score (nSPS) is 6.17. The van der Waals surface area contributed by atoms with E-state index in [9.17, 15) is 0 Å². The summed E-state index contributed by atoms with van der Waals surface area (Å²) < 4.78 is 0. The molecule has 0 amide bonds. The Bertz CT molecular complexity index is 44.1. The van der Waals surface area contributed by atoms with Crippen LogP contribution in [-0.2, 0) is 4.79 Å². The molecule has 0 aliphatic heterocycles. The second-order valence-electron chi connectivity index (χ2n) is 0.552. The molecule has 0 aliphatic rings. The SMILES string of the molecule is O=C(O)CO.[U]. The number of aliphatic hydroxyl groups excluding tert-OH is 1. The quantitative estimate of drug-likeness (QED) is 0.657. The molecule has 0 rings (SSSR count). The smallest absolute Gasteiger partial charge is 0.329 e. The molecular weight excluding hydrogens is 310 g/mol. The number of hydrogen-bond donors (Lipinski definition) is 2.